The third-order valence-electron chi connectivity index (χ3n) is 1.67. The molecular weight excluding hydrogens is 182 g/mol. The molecule has 0 aromatic carbocycles. The van der Waals surface area contributed by atoms with Crippen molar-refractivity contribution in [1.82, 2.24) is 14.6 Å². The van der Waals surface area contributed by atoms with E-state index in [1.165, 1.54) is 12.4 Å². The molecule has 0 radical (unpaired) electrons. The summed E-state index contributed by atoms with van der Waals surface area (Å²) in [5.74, 6) is 0. The Kier molecular flexibility index (Phi) is 1.54. The molecule has 2 aromatic rings. The fraction of sp³-hybridized carbons (Fsp3) is 0. The van der Waals surface area contributed by atoms with Crippen molar-refractivity contribution in [3.63, 3.8) is 0 Å². The molecular formula is C6H4BF3N3-. The fourth-order valence-electron chi connectivity index (χ4n) is 1.03. The van der Waals surface area contributed by atoms with Gasteiger partial charge in [0.15, 0.2) is 5.65 Å². The van der Waals surface area contributed by atoms with Crippen molar-refractivity contribution in [3.05, 3.63) is 24.7 Å². The maximum absolute atomic E-state index is 12.2. The van der Waals surface area contributed by atoms with Gasteiger partial charge in [-0.2, -0.15) is 5.10 Å². The molecule has 0 spiro atoms. The molecule has 0 bridgehead atoms. The van der Waals surface area contributed by atoms with Crippen LogP contribution in [0.1, 0.15) is 0 Å². The minimum Gasteiger partial charge on any atom is -0.445 e. The molecule has 0 aliphatic rings. The largest absolute Gasteiger partial charge is 0.511 e. The molecule has 2 rings (SSSR count). The first-order valence-corrected chi connectivity index (χ1v) is 3.56. The van der Waals surface area contributed by atoms with Gasteiger partial charge in [0.1, 0.15) is 6.33 Å². The Labute approximate surface area is 71.3 Å². The van der Waals surface area contributed by atoms with Gasteiger partial charge in [-0.3, -0.25) is 0 Å². The minimum absolute atomic E-state index is 0.406. The summed E-state index contributed by atoms with van der Waals surface area (Å²) in [7, 11) is 0. The zero-order chi connectivity index (χ0) is 9.47. The van der Waals surface area contributed by atoms with Crippen LogP contribution in [-0.4, -0.2) is 21.6 Å². The summed E-state index contributed by atoms with van der Waals surface area (Å²) in [5, 5.41) is 3.61. The average molecular weight is 186 g/mol. The molecule has 68 valence electrons. The Morgan fingerprint density at radius 3 is 2.69 bits per heavy atom. The van der Waals surface area contributed by atoms with Crippen LogP contribution in [-0.2, 0) is 0 Å². The van der Waals surface area contributed by atoms with Gasteiger partial charge >= 0.3 is 6.98 Å². The zero-order valence-corrected chi connectivity index (χ0v) is 6.36. The summed E-state index contributed by atoms with van der Waals surface area (Å²) in [5.41, 5.74) is -0.262. The van der Waals surface area contributed by atoms with E-state index in [0.717, 1.165) is 16.8 Å². The van der Waals surface area contributed by atoms with Crippen LogP contribution < -0.4 is 5.46 Å². The third kappa shape index (κ3) is 1.37. The van der Waals surface area contributed by atoms with Gasteiger partial charge in [0.05, 0.1) is 0 Å². The van der Waals surface area contributed by atoms with E-state index in [1.54, 1.807) is 0 Å². The van der Waals surface area contributed by atoms with E-state index in [-0.39, 0.29) is 0 Å². The van der Waals surface area contributed by atoms with Crippen molar-refractivity contribution in [3.8, 4) is 0 Å². The molecule has 2 aromatic heterocycles. The van der Waals surface area contributed by atoms with Gasteiger partial charge in [0.25, 0.3) is 0 Å². The highest BCUT2D eigenvalue weighted by molar-refractivity contribution is 6.73. The molecule has 13 heavy (non-hydrogen) atoms. The predicted octanol–water partition coefficient (Wildman–Crippen LogP) is 0.784. The van der Waals surface area contributed by atoms with E-state index in [1.807, 2.05) is 0 Å². The van der Waals surface area contributed by atoms with Crippen LogP contribution in [0.3, 0.4) is 0 Å². The van der Waals surface area contributed by atoms with E-state index in [4.69, 9.17) is 0 Å². The number of hydrogen-bond acceptors (Lipinski definition) is 2. The molecule has 0 N–H and O–H groups in total. The molecule has 0 unspecified atom stereocenters. The Hall–Kier alpha value is -1.53. The second kappa shape index (κ2) is 2.48. The minimum atomic E-state index is -4.95. The van der Waals surface area contributed by atoms with Crippen LogP contribution in [0.25, 0.3) is 5.65 Å². The Balaban J connectivity index is 2.61. The van der Waals surface area contributed by atoms with Crippen molar-refractivity contribution in [2.75, 3.05) is 0 Å². The monoisotopic (exact) mass is 186 g/mol. The molecule has 0 aliphatic carbocycles. The third-order valence-corrected chi connectivity index (χ3v) is 1.67. The Bertz CT molecular complexity index is 436. The van der Waals surface area contributed by atoms with E-state index >= 15 is 0 Å². The van der Waals surface area contributed by atoms with Gasteiger partial charge in [-0.15, -0.1) is 0 Å². The average Bonchev–Trinajstić information content (AvgIpc) is 2.47. The first-order chi connectivity index (χ1) is 6.07. The highest BCUT2D eigenvalue weighted by atomic mass is 19.4. The van der Waals surface area contributed by atoms with Gasteiger partial charge in [0.2, 0.25) is 0 Å². The van der Waals surface area contributed by atoms with Gasteiger partial charge in [-0.1, -0.05) is 11.5 Å². The van der Waals surface area contributed by atoms with Crippen LogP contribution >= 0.6 is 0 Å². The lowest BCUT2D eigenvalue weighted by atomic mass is 9.82. The molecule has 0 fully saturated rings. The van der Waals surface area contributed by atoms with E-state index in [2.05, 4.69) is 10.1 Å². The summed E-state index contributed by atoms with van der Waals surface area (Å²) >= 11 is 0. The maximum Gasteiger partial charge on any atom is 0.511 e. The molecule has 0 atom stereocenters. The van der Waals surface area contributed by atoms with Gasteiger partial charge in [0, 0.05) is 6.20 Å². The van der Waals surface area contributed by atoms with Crippen LogP contribution in [0.4, 0.5) is 12.9 Å². The van der Waals surface area contributed by atoms with Crippen LogP contribution in [0.5, 0.6) is 0 Å². The standard InChI is InChI=1S/C6H4BF3N3/c8-7(9,10)5-1-2-6-11-4-12-13(6)3-5/h1-4H/q-1. The lowest BCUT2D eigenvalue weighted by Gasteiger charge is -2.13. The van der Waals surface area contributed by atoms with Crippen molar-refractivity contribution in [2.24, 2.45) is 0 Å². The number of nitrogens with zero attached hydrogens (tertiary/aromatic N) is 3. The number of hydrogen-bond donors (Lipinski definition) is 0. The number of pyridine rings is 1. The quantitative estimate of drug-likeness (QED) is 0.616. The van der Waals surface area contributed by atoms with Crippen LogP contribution in [0.15, 0.2) is 24.7 Å². The molecule has 0 saturated heterocycles. The topological polar surface area (TPSA) is 30.2 Å². The lowest BCUT2D eigenvalue weighted by Crippen LogP contribution is -2.34. The van der Waals surface area contributed by atoms with E-state index < -0.39 is 12.4 Å². The second-order valence-corrected chi connectivity index (χ2v) is 2.60. The number of rotatable bonds is 1. The number of aromatic nitrogens is 3. The predicted molar refractivity (Wildman–Crippen MR) is 41.7 cm³/mol. The van der Waals surface area contributed by atoms with Crippen molar-refractivity contribution >= 4 is 18.1 Å². The fourth-order valence-corrected chi connectivity index (χ4v) is 1.03. The lowest BCUT2D eigenvalue weighted by molar-refractivity contribution is 0.500. The Morgan fingerprint density at radius 2 is 2.00 bits per heavy atom. The van der Waals surface area contributed by atoms with Crippen molar-refractivity contribution < 1.29 is 12.9 Å². The highest BCUT2D eigenvalue weighted by Gasteiger charge is 2.25. The zero-order valence-electron chi connectivity index (χ0n) is 6.36. The molecule has 2 heterocycles. The maximum atomic E-state index is 12.2. The Morgan fingerprint density at radius 1 is 1.23 bits per heavy atom. The van der Waals surface area contributed by atoms with Gasteiger partial charge in [-0.25, -0.2) is 9.50 Å². The molecule has 0 amide bonds. The number of fused-ring (bicyclic) bond motifs is 1. The molecule has 3 nitrogen and oxygen atoms in total. The molecule has 0 saturated carbocycles. The normalized spacial score (nSPS) is 12.2. The summed E-state index contributed by atoms with van der Waals surface area (Å²) < 4.78 is 37.8. The number of halogens is 3. The summed E-state index contributed by atoms with van der Waals surface area (Å²) in [6, 6.07) is 2.29. The summed E-state index contributed by atoms with van der Waals surface area (Å²) in [4.78, 5) is 3.73. The smallest absolute Gasteiger partial charge is 0.445 e. The summed E-state index contributed by atoms with van der Waals surface area (Å²) in [6.07, 6.45) is 2.14. The highest BCUT2D eigenvalue weighted by Crippen LogP contribution is 2.08. The van der Waals surface area contributed by atoms with E-state index in [9.17, 15) is 12.9 Å². The first-order valence-electron chi connectivity index (χ1n) is 3.56. The van der Waals surface area contributed by atoms with Gasteiger partial charge < -0.3 is 12.9 Å². The second-order valence-electron chi connectivity index (χ2n) is 2.60. The van der Waals surface area contributed by atoms with E-state index in [0.29, 0.717) is 5.65 Å². The van der Waals surface area contributed by atoms with Crippen molar-refractivity contribution in [1.29, 1.82) is 0 Å². The summed E-state index contributed by atoms with van der Waals surface area (Å²) in [6.45, 7) is -4.95. The first kappa shape index (κ1) is 8.09. The molecule has 7 heteroatoms. The van der Waals surface area contributed by atoms with Crippen molar-refractivity contribution in [2.45, 2.75) is 0 Å². The molecule has 0 aliphatic heterocycles. The van der Waals surface area contributed by atoms with Gasteiger partial charge in [-0.05, 0) is 6.07 Å². The van der Waals surface area contributed by atoms with Crippen LogP contribution in [0, 0.1) is 0 Å². The van der Waals surface area contributed by atoms with Crippen LogP contribution in [0.2, 0.25) is 0 Å². The SMILES string of the molecule is F[B-](F)(F)c1ccc2ncnn2c1.